The van der Waals surface area contributed by atoms with Crippen LogP contribution in [0.5, 0.6) is 0 Å². The molecule has 0 aromatic heterocycles. The molecule has 3 unspecified atom stereocenters. The Morgan fingerprint density at radius 3 is 2.33 bits per heavy atom. The van der Waals surface area contributed by atoms with Gasteiger partial charge in [0.05, 0.1) is 0 Å². The van der Waals surface area contributed by atoms with Gasteiger partial charge in [-0.05, 0) is 18.8 Å². The highest BCUT2D eigenvalue weighted by Crippen LogP contribution is 2.39. The highest BCUT2D eigenvalue weighted by Gasteiger charge is 2.27. The standard InChI is InChI=1S/C8H16S/c1-4-8-6(2)5-7(3)9-8/h6-8H,4-5H2,1-3H3. The van der Waals surface area contributed by atoms with E-state index in [1.165, 1.54) is 12.8 Å². The molecule has 3 atom stereocenters. The van der Waals surface area contributed by atoms with Crippen molar-refractivity contribution in [3.8, 4) is 0 Å². The van der Waals surface area contributed by atoms with Gasteiger partial charge in [0.1, 0.15) is 0 Å². The molecular formula is C8H16S. The lowest BCUT2D eigenvalue weighted by molar-refractivity contribution is 0.533. The Kier molecular flexibility index (Phi) is 2.45. The third kappa shape index (κ3) is 1.64. The van der Waals surface area contributed by atoms with E-state index in [2.05, 4.69) is 32.5 Å². The first-order valence-corrected chi connectivity index (χ1v) is 4.83. The molecule has 0 spiro atoms. The molecule has 0 radical (unpaired) electrons. The third-order valence-corrected chi connectivity index (χ3v) is 3.95. The van der Waals surface area contributed by atoms with Gasteiger partial charge in [-0.15, -0.1) is 0 Å². The fraction of sp³-hybridized carbons (Fsp3) is 1.00. The molecule has 1 saturated heterocycles. The minimum atomic E-state index is 0.921. The monoisotopic (exact) mass is 144 g/mol. The van der Waals surface area contributed by atoms with Gasteiger partial charge in [0.15, 0.2) is 0 Å². The van der Waals surface area contributed by atoms with E-state index < -0.39 is 0 Å². The van der Waals surface area contributed by atoms with Crippen molar-refractivity contribution >= 4 is 11.8 Å². The Bertz CT molecular complexity index is 90.6. The summed E-state index contributed by atoms with van der Waals surface area (Å²) < 4.78 is 0. The Morgan fingerprint density at radius 2 is 2.11 bits per heavy atom. The first kappa shape index (κ1) is 7.46. The summed E-state index contributed by atoms with van der Waals surface area (Å²) in [7, 11) is 0. The molecule has 0 N–H and O–H groups in total. The van der Waals surface area contributed by atoms with E-state index in [0.29, 0.717) is 0 Å². The highest BCUT2D eigenvalue weighted by atomic mass is 32.2. The van der Waals surface area contributed by atoms with Crippen LogP contribution in [0.25, 0.3) is 0 Å². The van der Waals surface area contributed by atoms with E-state index in [1.807, 2.05) is 0 Å². The second kappa shape index (κ2) is 2.96. The van der Waals surface area contributed by atoms with Gasteiger partial charge in [0.25, 0.3) is 0 Å². The minimum absolute atomic E-state index is 0.921. The molecule has 1 heteroatoms. The number of thioether (sulfide) groups is 1. The molecule has 0 saturated carbocycles. The molecule has 1 rings (SSSR count). The molecule has 1 aliphatic rings. The molecule has 0 nitrogen and oxygen atoms in total. The average molecular weight is 144 g/mol. The van der Waals surface area contributed by atoms with Crippen molar-refractivity contribution < 1.29 is 0 Å². The Labute approximate surface area is 62.4 Å². The van der Waals surface area contributed by atoms with E-state index in [-0.39, 0.29) is 0 Å². The summed E-state index contributed by atoms with van der Waals surface area (Å²) in [5, 5.41) is 1.88. The number of hydrogen-bond acceptors (Lipinski definition) is 1. The van der Waals surface area contributed by atoms with Gasteiger partial charge in [0.2, 0.25) is 0 Å². The fourth-order valence-corrected chi connectivity index (χ4v) is 3.25. The molecule has 9 heavy (non-hydrogen) atoms. The quantitative estimate of drug-likeness (QED) is 0.545. The lowest BCUT2D eigenvalue weighted by Crippen LogP contribution is -2.04. The highest BCUT2D eigenvalue weighted by molar-refractivity contribution is 8.00. The van der Waals surface area contributed by atoms with Crippen LogP contribution in [0.3, 0.4) is 0 Å². The van der Waals surface area contributed by atoms with Gasteiger partial charge >= 0.3 is 0 Å². The molecule has 1 aliphatic heterocycles. The van der Waals surface area contributed by atoms with Gasteiger partial charge in [-0.3, -0.25) is 0 Å². The fourth-order valence-electron chi connectivity index (χ4n) is 1.66. The molecule has 0 aromatic carbocycles. The molecule has 54 valence electrons. The second-order valence-corrected chi connectivity index (χ2v) is 4.79. The SMILES string of the molecule is CCC1SC(C)CC1C. The van der Waals surface area contributed by atoms with Crippen molar-refractivity contribution in [3.05, 3.63) is 0 Å². The van der Waals surface area contributed by atoms with Crippen LogP contribution in [-0.2, 0) is 0 Å². The largest absolute Gasteiger partial charge is 0.155 e. The summed E-state index contributed by atoms with van der Waals surface area (Å²) in [4.78, 5) is 0. The first-order valence-electron chi connectivity index (χ1n) is 3.89. The molecule has 1 heterocycles. The normalized spacial score (nSPS) is 43.7. The molecule has 1 fully saturated rings. The van der Waals surface area contributed by atoms with Crippen LogP contribution in [0.1, 0.15) is 33.6 Å². The van der Waals surface area contributed by atoms with Gasteiger partial charge in [-0.1, -0.05) is 20.8 Å². The van der Waals surface area contributed by atoms with E-state index >= 15 is 0 Å². The summed E-state index contributed by atoms with van der Waals surface area (Å²) in [5.41, 5.74) is 0. The summed E-state index contributed by atoms with van der Waals surface area (Å²) in [6.45, 7) is 7.02. The van der Waals surface area contributed by atoms with Crippen molar-refractivity contribution in [3.63, 3.8) is 0 Å². The third-order valence-electron chi connectivity index (χ3n) is 2.15. The van der Waals surface area contributed by atoms with E-state index in [4.69, 9.17) is 0 Å². The lowest BCUT2D eigenvalue weighted by atomic mass is 10.0. The van der Waals surface area contributed by atoms with Crippen molar-refractivity contribution in [2.24, 2.45) is 5.92 Å². The van der Waals surface area contributed by atoms with Crippen LogP contribution in [0.4, 0.5) is 0 Å². The van der Waals surface area contributed by atoms with Gasteiger partial charge in [-0.25, -0.2) is 0 Å². The van der Waals surface area contributed by atoms with Crippen molar-refractivity contribution in [2.75, 3.05) is 0 Å². The van der Waals surface area contributed by atoms with Gasteiger partial charge in [0, 0.05) is 10.5 Å². The Morgan fingerprint density at radius 1 is 1.44 bits per heavy atom. The summed E-state index contributed by atoms with van der Waals surface area (Å²) in [5.74, 6) is 0.968. The zero-order valence-corrected chi connectivity index (χ0v) is 7.37. The smallest absolute Gasteiger partial charge is 0.00731 e. The van der Waals surface area contributed by atoms with E-state index in [0.717, 1.165) is 16.4 Å². The van der Waals surface area contributed by atoms with Crippen LogP contribution < -0.4 is 0 Å². The van der Waals surface area contributed by atoms with Crippen LogP contribution in [0.2, 0.25) is 0 Å². The maximum absolute atomic E-state index is 2.38. The molecule has 0 amide bonds. The number of hydrogen-bond donors (Lipinski definition) is 0. The average Bonchev–Trinajstić information content (AvgIpc) is 2.10. The zero-order chi connectivity index (χ0) is 6.85. The summed E-state index contributed by atoms with van der Waals surface area (Å²) >= 11 is 2.17. The summed E-state index contributed by atoms with van der Waals surface area (Å²) in [6, 6.07) is 0. The molecular weight excluding hydrogens is 128 g/mol. The van der Waals surface area contributed by atoms with E-state index in [1.54, 1.807) is 0 Å². The second-order valence-electron chi connectivity index (χ2n) is 3.11. The predicted molar refractivity (Wildman–Crippen MR) is 44.9 cm³/mol. The summed E-state index contributed by atoms with van der Waals surface area (Å²) in [6.07, 6.45) is 2.79. The van der Waals surface area contributed by atoms with Gasteiger partial charge < -0.3 is 0 Å². The predicted octanol–water partition coefficient (Wildman–Crippen LogP) is 2.93. The van der Waals surface area contributed by atoms with Crippen molar-refractivity contribution in [1.29, 1.82) is 0 Å². The number of rotatable bonds is 1. The van der Waals surface area contributed by atoms with Gasteiger partial charge in [-0.2, -0.15) is 11.8 Å². The van der Waals surface area contributed by atoms with Crippen molar-refractivity contribution in [2.45, 2.75) is 44.1 Å². The van der Waals surface area contributed by atoms with Crippen LogP contribution in [0, 0.1) is 5.92 Å². The zero-order valence-electron chi connectivity index (χ0n) is 6.55. The first-order chi connectivity index (χ1) is 4.24. The van der Waals surface area contributed by atoms with E-state index in [9.17, 15) is 0 Å². The molecule has 0 aliphatic carbocycles. The maximum Gasteiger partial charge on any atom is 0.00731 e. The maximum atomic E-state index is 2.38. The molecule has 0 bridgehead atoms. The van der Waals surface area contributed by atoms with Crippen LogP contribution >= 0.6 is 11.8 Å². The molecule has 0 aromatic rings. The lowest BCUT2D eigenvalue weighted by Gasteiger charge is -2.09. The Hall–Kier alpha value is 0.350. The Balaban J connectivity index is 2.38. The topological polar surface area (TPSA) is 0 Å². The minimum Gasteiger partial charge on any atom is -0.155 e. The van der Waals surface area contributed by atoms with Crippen molar-refractivity contribution in [1.82, 2.24) is 0 Å². The van der Waals surface area contributed by atoms with Crippen LogP contribution in [-0.4, -0.2) is 10.5 Å². The van der Waals surface area contributed by atoms with Crippen LogP contribution in [0.15, 0.2) is 0 Å².